The molecule has 0 saturated carbocycles. The number of rotatable bonds is 7. The maximum Gasteiger partial charge on any atom is 0.416 e. The Labute approximate surface area is 250 Å². The first-order valence-electron chi connectivity index (χ1n) is 13.4. The number of nitrogens with one attached hydrogen (secondary N) is 2. The summed E-state index contributed by atoms with van der Waals surface area (Å²) in [7, 11) is -3.86. The van der Waals surface area contributed by atoms with Crippen LogP contribution in [0.15, 0.2) is 83.8 Å². The zero-order valence-corrected chi connectivity index (χ0v) is 24.1. The molecule has 1 aliphatic rings. The Bertz CT molecular complexity index is 1730. The molecule has 1 atom stereocenters. The van der Waals surface area contributed by atoms with Gasteiger partial charge in [-0.1, -0.05) is 0 Å². The van der Waals surface area contributed by atoms with Crippen LogP contribution in [0, 0.1) is 5.82 Å². The van der Waals surface area contributed by atoms with Crippen LogP contribution >= 0.6 is 0 Å². The normalized spacial score (nSPS) is 15.6. The fraction of sp³-hybridized carbons (Fsp3) is 0.233. The maximum absolute atomic E-state index is 13.4. The van der Waals surface area contributed by atoms with Gasteiger partial charge in [0.15, 0.2) is 15.7 Å². The summed E-state index contributed by atoms with van der Waals surface area (Å²) in [6, 6.07) is 16.0. The highest BCUT2D eigenvalue weighted by molar-refractivity contribution is 7.90. The molecule has 44 heavy (non-hydrogen) atoms. The highest BCUT2D eigenvalue weighted by atomic mass is 32.2. The third-order valence-electron chi connectivity index (χ3n) is 6.81. The van der Waals surface area contributed by atoms with Crippen LogP contribution < -0.4 is 15.5 Å². The van der Waals surface area contributed by atoms with E-state index in [4.69, 9.17) is 9.72 Å². The zero-order valence-electron chi connectivity index (χ0n) is 23.3. The number of ether oxygens (including phenoxy) is 1. The third-order valence-corrected chi connectivity index (χ3v) is 8.48. The van der Waals surface area contributed by atoms with Gasteiger partial charge in [-0.05, 0) is 79.7 Å². The fourth-order valence-corrected chi connectivity index (χ4v) is 5.81. The predicted molar refractivity (Wildman–Crippen MR) is 156 cm³/mol. The van der Waals surface area contributed by atoms with Crippen LogP contribution in [0.25, 0.3) is 11.4 Å². The Balaban J connectivity index is 1.36. The average Bonchev–Trinajstić information content (AvgIpc) is 2.97. The minimum absolute atomic E-state index is 0.0252. The quantitative estimate of drug-likeness (QED) is 0.186. The topological polar surface area (TPSA) is 114 Å². The molecule has 1 aromatic heterocycles. The number of benzene rings is 3. The Morgan fingerprint density at radius 1 is 0.955 bits per heavy atom. The summed E-state index contributed by atoms with van der Waals surface area (Å²) in [6.45, 7) is 3.45. The minimum Gasteiger partial charge on any atom is -0.377 e. The van der Waals surface area contributed by atoms with E-state index in [2.05, 4.69) is 15.6 Å². The number of hydrogen-bond acceptors (Lipinski definition) is 7. The highest BCUT2D eigenvalue weighted by Crippen LogP contribution is 2.30. The van der Waals surface area contributed by atoms with Crippen molar-refractivity contribution in [1.82, 2.24) is 9.97 Å². The molecule has 230 valence electrons. The number of halogens is 4. The summed E-state index contributed by atoms with van der Waals surface area (Å²) in [4.78, 5) is 23.6. The van der Waals surface area contributed by atoms with Crippen LogP contribution in [0.2, 0.25) is 0 Å². The number of aromatic nitrogens is 2. The number of alkyl halides is 3. The number of morpholine rings is 1. The van der Waals surface area contributed by atoms with Crippen LogP contribution in [0.1, 0.15) is 18.2 Å². The van der Waals surface area contributed by atoms with Gasteiger partial charge < -0.3 is 20.3 Å². The number of hydrogen-bond donors (Lipinski definition) is 2. The van der Waals surface area contributed by atoms with Gasteiger partial charge in [0.2, 0.25) is 0 Å². The van der Waals surface area contributed by atoms with Crippen LogP contribution in [0.4, 0.5) is 39.5 Å². The minimum atomic E-state index is -4.48. The number of sulfone groups is 1. The largest absolute Gasteiger partial charge is 0.416 e. The number of anilines is 3. The first-order chi connectivity index (χ1) is 20.9. The van der Waals surface area contributed by atoms with Crippen molar-refractivity contribution in [2.75, 3.05) is 35.3 Å². The van der Waals surface area contributed by atoms with Gasteiger partial charge in [0, 0.05) is 29.5 Å². The van der Waals surface area contributed by atoms with Crippen LogP contribution in [0.3, 0.4) is 0 Å². The van der Waals surface area contributed by atoms with Crippen LogP contribution in [0.5, 0.6) is 0 Å². The third kappa shape index (κ3) is 7.50. The second-order valence-electron chi connectivity index (χ2n) is 10.1. The van der Waals surface area contributed by atoms with Crippen molar-refractivity contribution in [3.05, 3.63) is 95.9 Å². The van der Waals surface area contributed by atoms with Gasteiger partial charge >= 0.3 is 12.2 Å². The molecular formula is C30H27F4N5O4S. The number of carbonyl (C=O) groups excluding carboxylic acids is 1. The van der Waals surface area contributed by atoms with Crippen molar-refractivity contribution in [1.29, 1.82) is 0 Å². The monoisotopic (exact) mass is 629 g/mol. The zero-order chi connectivity index (χ0) is 31.5. The highest BCUT2D eigenvalue weighted by Gasteiger charge is 2.30. The van der Waals surface area contributed by atoms with Crippen molar-refractivity contribution >= 4 is 33.1 Å². The number of amides is 2. The summed E-state index contributed by atoms with van der Waals surface area (Å²) < 4.78 is 83.5. The second-order valence-corrected chi connectivity index (χ2v) is 12.1. The lowest BCUT2D eigenvalue weighted by Gasteiger charge is -2.34. The molecule has 0 radical (unpaired) electrons. The standard InChI is InChI=1S/C30H27F4N5O4S/c1-19-17-43-15-14-39(19)27-16-25(18-44(41,42)26-12-6-22(31)7-13-26)35-28(38-27)20-2-8-23(9-3-20)36-29(40)37-24-10-4-21(5-11-24)30(32,33)34/h2-13,16,19H,14-15,17-18H2,1H3,(H2,36,37,40)/t19-/m0/s1. The van der Waals surface area contributed by atoms with E-state index < -0.39 is 39.2 Å². The van der Waals surface area contributed by atoms with Gasteiger partial charge in [0.1, 0.15) is 11.6 Å². The molecule has 2 N–H and O–H groups in total. The molecular weight excluding hydrogens is 602 g/mol. The maximum atomic E-state index is 13.4. The van der Waals surface area contributed by atoms with Crippen molar-refractivity contribution in [3.8, 4) is 11.4 Å². The lowest BCUT2D eigenvalue weighted by molar-refractivity contribution is -0.137. The van der Waals surface area contributed by atoms with Crippen molar-refractivity contribution in [2.45, 2.75) is 29.8 Å². The lowest BCUT2D eigenvalue weighted by Crippen LogP contribution is -2.44. The fourth-order valence-electron chi connectivity index (χ4n) is 4.56. The molecule has 14 heteroatoms. The first-order valence-corrected chi connectivity index (χ1v) is 15.1. The van der Waals surface area contributed by atoms with Gasteiger partial charge in [-0.15, -0.1) is 0 Å². The van der Waals surface area contributed by atoms with Gasteiger partial charge in [-0.2, -0.15) is 13.2 Å². The van der Waals surface area contributed by atoms with Crippen LogP contribution in [-0.2, 0) is 26.5 Å². The second kappa shape index (κ2) is 12.6. The molecule has 0 aliphatic carbocycles. The van der Waals surface area contributed by atoms with E-state index in [-0.39, 0.29) is 28.1 Å². The van der Waals surface area contributed by atoms with Crippen molar-refractivity contribution in [3.63, 3.8) is 0 Å². The molecule has 5 rings (SSSR count). The van der Waals surface area contributed by atoms with E-state index in [0.29, 0.717) is 36.8 Å². The smallest absolute Gasteiger partial charge is 0.377 e. The molecule has 9 nitrogen and oxygen atoms in total. The lowest BCUT2D eigenvalue weighted by atomic mass is 10.2. The SMILES string of the molecule is C[C@H]1COCCN1c1cc(CS(=O)(=O)c2ccc(F)cc2)nc(-c2ccc(NC(=O)Nc3ccc(C(F)(F)F)cc3)cc2)n1. The van der Waals surface area contributed by atoms with Crippen molar-refractivity contribution in [2.24, 2.45) is 0 Å². The van der Waals surface area contributed by atoms with E-state index >= 15 is 0 Å². The van der Waals surface area contributed by atoms with E-state index in [1.165, 1.54) is 12.1 Å². The molecule has 1 fully saturated rings. The van der Waals surface area contributed by atoms with Crippen molar-refractivity contribution < 1.29 is 35.5 Å². The summed E-state index contributed by atoms with van der Waals surface area (Å²) in [5.41, 5.74) is 0.519. The van der Waals surface area contributed by atoms with Gasteiger partial charge in [0.05, 0.1) is 41.2 Å². The summed E-state index contributed by atoms with van der Waals surface area (Å²) in [6.07, 6.45) is -4.48. The average molecular weight is 630 g/mol. The Kier molecular flexibility index (Phi) is 8.83. The molecule has 1 aliphatic heterocycles. The molecule has 4 aromatic rings. The Morgan fingerprint density at radius 3 is 2.16 bits per heavy atom. The number of nitrogens with zero attached hydrogens (tertiary/aromatic N) is 3. The molecule has 3 aromatic carbocycles. The summed E-state index contributed by atoms with van der Waals surface area (Å²) in [5.74, 6) is -0.213. The van der Waals surface area contributed by atoms with Gasteiger partial charge in [0.25, 0.3) is 0 Å². The van der Waals surface area contributed by atoms with Gasteiger partial charge in [-0.25, -0.2) is 27.6 Å². The van der Waals surface area contributed by atoms with Crippen LogP contribution in [-0.4, -0.2) is 50.2 Å². The molecule has 0 unspecified atom stereocenters. The summed E-state index contributed by atoms with van der Waals surface area (Å²) in [5, 5.41) is 5.08. The van der Waals surface area contributed by atoms with E-state index in [1.54, 1.807) is 30.3 Å². The number of urea groups is 1. The number of carbonyl (C=O) groups is 1. The Morgan fingerprint density at radius 2 is 1.57 bits per heavy atom. The molecule has 0 spiro atoms. The van der Waals surface area contributed by atoms with Gasteiger partial charge in [-0.3, -0.25) is 0 Å². The van der Waals surface area contributed by atoms with E-state index in [0.717, 1.165) is 36.4 Å². The predicted octanol–water partition coefficient (Wildman–Crippen LogP) is 6.14. The molecule has 1 saturated heterocycles. The molecule has 2 heterocycles. The summed E-state index contributed by atoms with van der Waals surface area (Å²) >= 11 is 0. The van der Waals surface area contributed by atoms with E-state index in [1.807, 2.05) is 11.8 Å². The molecule has 0 bridgehead atoms. The van der Waals surface area contributed by atoms with E-state index in [9.17, 15) is 30.8 Å². The first kappa shape index (κ1) is 30.9. The molecule has 2 amide bonds. The Hall–Kier alpha value is -4.56.